The number of para-hydroxylation sites is 2. The Morgan fingerprint density at radius 3 is 1.40 bits per heavy atom. The number of Topliss-reactive ketones (excluding diaryl/α,β-unsaturated/α-hetero) is 2. The highest BCUT2D eigenvalue weighted by Gasteiger charge is 2.66. The Hall–Kier alpha value is -12.4. The number of benzene rings is 4. The maximum atomic E-state index is 15.4. The summed E-state index contributed by atoms with van der Waals surface area (Å²) in [6.45, 7) is 6.72. The number of carbonyl (C=O) groups excluding carboxylic acids is 8. The first-order chi connectivity index (χ1) is 65.1. The highest BCUT2D eigenvalue weighted by Crippen LogP contribution is 2.62. The molecule has 9 fully saturated rings. The molecule has 136 heavy (non-hydrogen) atoms. The number of imidazole rings is 2. The van der Waals surface area contributed by atoms with Crippen LogP contribution in [0.2, 0.25) is 0 Å². The normalized spacial score (nSPS) is 25.3. The molecular formula is C97H111F4N15O18S2. The Labute approximate surface area is 782 Å². The number of carboxylic acid groups (broad SMARTS) is 1. The number of aromatic nitrogens is 8. The minimum Gasteiger partial charge on any atom is -0.481 e. The third-order valence-electron chi connectivity index (χ3n) is 27.3. The fourth-order valence-corrected chi connectivity index (χ4v) is 21.8. The maximum Gasteiger partial charge on any atom is 0.338 e. The number of aliphatic carboxylic acids is 1. The smallest absolute Gasteiger partial charge is 0.338 e. The molecule has 20 rings (SSSR count). The van der Waals surface area contributed by atoms with E-state index in [4.69, 9.17) is 28.5 Å². The van der Waals surface area contributed by atoms with Crippen LogP contribution in [0.15, 0.2) is 161 Å². The third kappa shape index (κ3) is 22.9. The van der Waals surface area contributed by atoms with Crippen molar-refractivity contribution in [2.24, 2.45) is 27.7 Å². The number of hydrogen-bond donors (Lipinski definition) is 4. The van der Waals surface area contributed by atoms with Crippen LogP contribution in [0.1, 0.15) is 206 Å². The van der Waals surface area contributed by atoms with Crippen LogP contribution in [-0.4, -0.2) is 233 Å². The molecule has 5 amide bonds. The van der Waals surface area contributed by atoms with Gasteiger partial charge in [-0.1, -0.05) is 115 Å². The number of halogens is 4. The zero-order valence-corrected chi connectivity index (χ0v) is 77.5. The number of fused-ring (bicyclic) bond motifs is 11. The van der Waals surface area contributed by atoms with Gasteiger partial charge in [0.25, 0.3) is 11.8 Å². The number of rotatable bonds is 13. The molecule has 0 bridgehead atoms. The number of amides is 5. The fraction of sp³-hybridized carbons (Fsp3) is 0.505. The van der Waals surface area contributed by atoms with Crippen LogP contribution in [0, 0.1) is 36.5 Å². The number of ether oxygens (including phenoxy) is 2. The predicted octanol–water partition coefficient (Wildman–Crippen LogP) is 13.7. The first-order valence-corrected chi connectivity index (χ1v) is 50.2. The molecule has 12 heterocycles. The monoisotopic (exact) mass is 1910 g/mol. The van der Waals surface area contributed by atoms with E-state index in [1.54, 1.807) is 38.6 Å². The first kappa shape index (κ1) is 96.7. The van der Waals surface area contributed by atoms with Crippen LogP contribution in [0.3, 0.4) is 0 Å². The van der Waals surface area contributed by atoms with Gasteiger partial charge in [0, 0.05) is 142 Å². The summed E-state index contributed by atoms with van der Waals surface area (Å²) in [5.41, 5.74) is -2.01. The van der Waals surface area contributed by atoms with Crippen LogP contribution < -0.4 is 24.8 Å². The summed E-state index contributed by atoms with van der Waals surface area (Å²) >= 11 is 0. The van der Waals surface area contributed by atoms with Gasteiger partial charge in [0.2, 0.25) is 51.3 Å². The van der Waals surface area contributed by atoms with Crippen LogP contribution in [0.4, 0.5) is 22.4 Å². The number of nitrogens with zero attached hydrogens (tertiary/aromatic N) is 12. The third-order valence-corrected chi connectivity index (χ3v) is 30.8. The Kier molecular flexibility index (Phi) is 29.1. The van der Waals surface area contributed by atoms with Crippen molar-refractivity contribution in [1.29, 1.82) is 0 Å². The Morgan fingerprint density at radius 1 is 0.522 bits per heavy atom. The molecule has 4 aromatic carbocycles. The van der Waals surface area contributed by atoms with Gasteiger partial charge in [-0.15, -0.1) is 0 Å². The van der Waals surface area contributed by atoms with E-state index in [0.29, 0.717) is 72.8 Å². The van der Waals surface area contributed by atoms with Gasteiger partial charge in [-0.25, -0.2) is 59.1 Å². The van der Waals surface area contributed by atoms with Gasteiger partial charge in [-0.05, 0) is 144 Å². The van der Waals surface area contributed by atoms with Crippen molar-refractivity contribution in [3.63, 3.8) is 0 Å². The molecule has 4 saturated carbocycles. The Bertz CT molecular complexity index is 6350. The van der Waals surface area contributed by atoms with Crippen LogP contribution in [-0.2, 0) is 48.6 Å². The first-order valence-electron chi connectivity index (χ1n) is 46.7. The second-order valence-electron chi connectivity index (χ2n) is 37.5. The maximum absolute atomic E-state index is 15.4. The highest BCUT2D eigenvalue weighted by molar-refractivity contribution is 7.91. The minimum atomic E-state index is -4.04. The number of pyridine rings is 2. The molecule has 10 atom stereocenters. The summed E-state index contributed by atoms with van der Waals surface area (Å²) in [6.07, 6.45) is 16.7. The van der Waals surface area contributed by atoms with Crippen molar-refractivity contribution in [3.8, 4) is 11.8 Å². The summed E-state index contributed by atoms with van der Waals surface area (Å²) in [4.78, 5) is 149. The Morgan fingerprint density at radius 2 is 0.963 bits per heavy atom. The van der Waals surface area contributed by atoms with Crippen molar-refractivity contribution in [2.45, 2.75) is 246 Å². The summed E-state index contributed by atoms with van der Waals surface area (Å²) in [7, 11) is -6.67. The van der Waals surface area contributed by atoms with E-state index in [2.05, 4.69) is 45.5 Å². The second-order valence-corrected chi connectivity index (χ2v) is 41.8. The van der Waals surface area contributed by atoms with Crippen LogP contribution in [0.25, 0.3) is 43.4 Å². The number of hydrogen-bond acceptors (Lipinski definition) is 25. The zero-order chi connectivity index (χ0) is 96.0. The fourth-order valence-electron chi connectivity index (χ4n) is 19.5. The van der Waals surface area contributed by atoms with E-state index in [1.807, 2.05) is 97.1 Å². The van der Waals surface area contributed by atoms with E-state index in [9.17, 15) is 65.1 Å². The molecular weight excluding hydrogens is 1800 g/mol. The van der Waals surface area contributed by atoms with Crippen LogP contribution >= 0.6 is 0 Å². The van der Waals surface area contributed by atoms with Crippen molar-refractivity contribution in [3.05, 3.63) is 170 Å². The number of aliphatic imine (C=N–C) groups is 1. The number of sulfonamides is 1. The lowest BCUT2D eigenvalue weighted by molar-refractivity contribution is -0.148. The van der Waals surface area contributed by atoms with Crippen molar-refractivity contribution in [1.82, 2.24) is 69.4 Å². The van der Waals surface area contributed by atoms with Crippen molar-refractivity contribution < 1.29 is 101 Å². The summed E-state index contributed by atoms with van der Waals surface area (Å²) in [6, 6.07) is 28.5. The molecule has 10 aromatic rings. The molecule has 5 saturated heterocycles. The number of nitrogens with one attached hydrogen (secondary N) is 3. The van der Waals surface area contributed by atoms with Gasteiger partial charge in [-0.3, -0.25) is 57.2 Å². The molecule has 39 heteroatoms. The van der Waals surface area contributed by atoms with E-state index >= 15 is 17.6 Å². The summed E-state index contributed by atoms with van der Waals surface area (Å²) in [5, 5.41) is 27.5. The molecule has 722 valence electrons. The van der Waals surface area contributed by atoms with Gasteiger partial charge in [0.1, 0.15) is 58.3 Å². The molecule has 6 aromatic heterocycles. The van der Waals surface area contributed by atoms with Gasteiger partial charge in [-0.2, -0.15) is 0 Å². The van der Waals surface area contributed by atoms with Crippen molar-refractivity contribution in [2.75, 3.05) is 39.0 Å². The van der Waals surface area contributed by atoms with Gasteiger partial charge in [0.05, 0.1) is 63.4 Å². The lowest BCUT2D eigenvalue weighted by Gasteiger charge is -2.29. The predicted molar refractivity (Wildman–Crippen MR) is 491 cm³/mol. The molecule has 33 nitrogen and oxygen atoms in total. The van der Waals surface area contributed by atoms with E-state index in [1.165, 1.54) is 101 Å². The number of alkyl halides is 4. The molecule has 0 radical (unpaired) electrons. The van der Waals surface area contributed by atoms with E-state index < -0.39 is 182 Å². The summed E-state index contributed by atoms with van der Waals surface area (Å²) < 4.78 is 135. The van der Waals surface area contributed by atoms with E-state index in [0.717, 1.165) is 51.7 Å². The van der Waals surface area contributed by atoms with Crippen molar-refractivity contribution >= 4 is 122 Å². The van der Waals surface area contributed by atoms with Gasteiger partial charge >= 0.3 is 12.0 Å². The molecule has 6 aliphatic heterocycles. The van der Waals surface area contributed by atoms with Gasteiger partial charge in [0.15, 0.2) is 23.0 Å². The van der Waals surface area contributed by atoms with Gasteiger partial charge < -0.3 is 49.0 Å². The topological polar surface area (TPSA) is 432 Å². The van der Waals surface area contributed by atoms with Crippen LogP contribution in [0.5, 0.6) is 11.8 Å². The quantitative estimate of drug-likeness (QED) is 0.0615. The zero-order valence-electron chi connectivity index (χ0n) is 75.8. The average molecular weight is 1920 g/mol. The number of carboxylic acids is 1. The minimum absolute atomic E-state index is 0.0184. The highest BCUT2D eigenvalue weighted by atomic mass is 32.2. The number of aryl methyl sites for hydroxylation is 2. The number of carbonyl (C=O) groups is 9. The molecule has 0 spiro atoms. The summed E-state index contributed by atoms with van der Waals surface area (Å²) in [5.74, 6) is -11.1. The Balaban J connectivity index is 0.000000150. The number of ketones is 2. The average Bonchev–Trinajstić information content (AvgIpc) is 1.55. The number of amidine groups is 1. The standard InChI is InChI=1S/C40H43F2N5O8S.C37H38F2N4O7.C9H16N2.C7H6N4O.C4H8O2S/c1-23-17-32(45-55-23)35(49)43-31-13-3-2-8-16-40(41,42)20-24-19-39(24,38(51)46-56(52,53)26-14-15-26)21-34(48)33-18-25(22-47(33)37(31)50)54-36-29-11-5-4-9-27(29)28-10-6-7-12-30(28)44-36;1-21-15-29(42-50-21)32(45)40-28-13-3-2-8-14-37(38,39)18-22-17-36(22,35(47)48)19-31(44)30-16-23(20-43(30)34(28)46)49-33-26-11-5-4-9-24(26)25-10-6-7-12-27(25)41-33;1-2-5-9-10-6-4-8-11(9)7-3-1;12-7(10-3-1-8-5-10)11-4-2-9-6-11;1-7(5,6)4-2-3-4/h4-7,9-12,17,24-26,31,33H,2-3,8,13-16,18-22H2,1H3,(H,43,49)(H,46,51);4-7,9-12,15,22-23,28,30H,2-3,8,13-14,16-20H2,1H3,(H,40,45)(H,47,48);1-8H2;1-6H;4H,2-3H2,1H3/t24-,25+,31-,33-,39+;22-,23+,28-,30-,36+;;;/m00.../s1. The molecule has 4 aliphatic carbocycles. The molecule has 4 N–H and O–H groups in total. The van der Waals surface area contributed by atoms with E-state index in [-0.39, 0.29) is 87.1 Å². The second kappa shape index (κ2) is 40.9. The largest absolute Gasteiger partial charge is 0.481 e. The SMILES string of the molecule is C1CCC2=NCCCN2CC1.CS(=O)(=O)C1CC1.Cc1cc(C(=O)N[C@H]2CCCCCC(F)(F)C[C@@H]3C[C@@]3(C(=O)NS(=O)(=O)C3CC3)CC(=O)[C@@H]3C[C@@H](Oc4nc5ccccc5c5ccccc45)CN3C2=O)no1.Cc1cc(C(=O)N[C@H]2CCCCCC(F)(F)C[C@@H]3C[C@@]3(C(=O)O)CC(=O)[C@@H]3C[C@@H](Oc4nc5ccccc5c5ccccc45)CN3C2=O)no1.O=C(n1ccnc1)n1ccnc1. The molecule has 0 unspecified atom stereocenters. The number of sulfone groups is 1. The molecule has 10 aliphatic rings. The lowest BCUT2D eigenvalue weighted by Crippen LogP contribution is -2.52. The lowest BCUT2D eigenvalue weighted by atomic mass is 9.89.